The third kappa shape index (κ3) is 4.18. The summed E-state index contributed by atoms with van der Waals surface area (Å²) in [6.45, 7) is 2.66. The maximum absolute atomic E-state index is 5.82. The first-order valence-corrected chi connectivity index (χ1v) is 8.93. The molecule has 0 atom stereocenters. The molecule has 4 heteroatoms. The lowest BCUT2D eigenvalue weighted by Crippen LogP contribution is -1.95. The molecule has 1 aromatic heterocycles. The summed E-state index contributed by atoms with van der Waals surface area (Å²) in [6.07, 6.45) is 0. The largest absolute Gasteiger partial charge is 0.489 e. The molecule has 0 bridgehead atoms. The van der Waals surface area contributed by atoms with Crippen LogP contribution in [0.15, 0.2) is 84.9 Å². The van der Waals surface area contributed by atoms with Crippen LogP contribution < -0.4 is 10.1 Å². The van der Waals surface area contributed by atoms with E-state index in [1.54, 1.807) is 0 Å². The fourth-order valence-corrected chi connectivity index (χ4v) is 2.92. The average molecular weight is 355 g/mol. The number of hydrogen-bond acceptors (Lipinski definition) is 3. The molecule has 0 radical (unpaired) electrons. The molecule has 0 saturated carbocycles. The third-order valence-corrected chi connectivity index (χ3v) is 4.39. The van der Waals surface area contributed by atoms with E-state index in [1.807, 2.05) is 60.7 Å². The number of aromatic nitrogens is 2. The minimum absolute atomic E-state index is 0.562. The minimum atomic E-state index is 0.562. The zero-order chi connectivity index (χ0) is 18.5. The molecular weight excluding hydrogens is 334 g/mol. The van der Waals surface area contributed by atoms with Gasteiger partial charge in [-0.1, -0.05) is 54.6 Å². The maximum Gasteiger partial charge on any atom is 0.152 e. The Morgan fingerprint density at radius 3 is 2.41 bits per heavy atom. The minimum Gasteiger partial charge on any atom is -0.489 e. The number of H-pyrrole nitrogens is 1. The van der Waals surface area contributed by atoms with Crippen molar-refractivity contribution >= 4 is 11.5 Å². The van der Waals surface area contributed by atoms with E-state index in [0.29, 0.717) is 6.61 Å². The van der Waals surface area contributed by atoms with E-state index in [1.165, 1.54) is 5.56 Å². The van der Waals surface area contributed by atoms with Crippen LogP contribution in [0.2, 0.25) is 0 Å². The Labute approximate surface area is 158 Å². The predicted octanol–water partition coefficient (Wildman–Crippen LogP) is 5.71. The fraction of sp³-hybridized carbons (Fsp3) is 0.0870. The Hall–Kier alpha value is -3.53. The summed E-state index contributed by atoms with van der Waals surface area (Å²) in [5.41, 5.74) is 5.48. The van der Waals surface area contributed by atoms with Gasteiger partial charge in [0.15, 0.2) is 5.82 Å². The van der Waals surface area contributed by atoms with E-state index < -0.39 is 0 Å². The van der Waals surface area contributed by atoms with Gasteiger partial charge in [0.1, 0.15) is 12.4 Å². The molecule has 0 fully saturated rings. The lowest BCUT2D eigenvalue weighted by Gasteiger charge is -2.08. The standard InChI is InChI=1S/C23H21N3O/c1-17-7-5-6-10-21(17)22-15-23(26-25-22)24-19-11-13-20(14-12-19)27-16-18-8-3-2-4-9-18/h2-15H,16H2,1H3,(H2,24,25,26). The summed E-state index contributed by atoms with van der Waals surface area (Å²) in [5, 5.41) is 10.8. The molecule has 134 valence electrons. The van der Waals surface area contributed by atoms with Gasteiger partial charge >= 0.3 is 0 Å². The van der Waals surface area contributed by atoms with Crippen LogP contribution in [-0.2, 0) is 6.61 Å². The molecule has 4 nitrogen and oxygen atoms in total. The van der Waals surface area contributed by atoms with Crippen molar-refractivity contribution in [2.24, 2.45) is 0 Å². The quantitative estimate of drug-likeness (QED) is 0.466. The van der Waals surface area contributed by atoms with Crippen molar-refractivity contribution in [3.8, 4) is 17.0 Å². The number of ether oxygens (including phenoxy) is 1. The third-order valence-electron chi connectivity index (χ3n) is 4.39. The smallest absolute Gasteiger partial charge is 0.152 e. The van der Waals surface area contributed by atoms with Crippen molar-refractivity contribution in [1.82, 2.24) is 10.2 Å². The normalized spacial score (nSPS) is 10.6. The summed E-state index contributed by atoms with van der Waals surface area (Å²) in [6, 6.07) is 28.3. The summed E-state index contributed by atoms with van der Waals surface area (Å²) < 4.78 is 5.82. The predicted molar refractivity (Wildman–Crippen MR) is 109 cm³/mol. The van der Waals surface area contributed by atoms with E-state index >= 15 is 0 Å². The number of rotatable bonds is 6. The molecule has 27 heavy (non-hydrogen) atoms. The van der Waals surface area contributed by atoms with Crippen molar-refractivity contribution in [1.29, 1.82) is 0 Å². The van der Waals surface area contributed by atoms with E-state index in [4.69, 9.17) is 4.74 Å². The fourth-order valence-electron chi connectivity index (χ4n) is 2.92. The molecule has 0 amide bonds. The molecule has 0 saturated heterocycles. The molecule has 3 aromatic carbocycles. The molecule has 4 rings (SSSR count). The molecule has 0 spiro atoms. The van der Waals surface area contributed by atoms with Gasteiger partial charge in [-0.2, -0.15) is 5.10 Å². The highest BCUT2D eigenvalue weighted by atomic mass is 16.5. The van der Waals surface area contributed by atoms with E-state index in [0.717, 1.165) is 34.1 Å². The number of aryl methyl sites for hydroxylation is 1. The molecule has 0 aliphatic carbocycles. The second-order valence-electron chi connectivity index (χ2n) is 6.41. The summed E-state index contributed by atoms with van der Waals surface area (Å²) in [4.78, 5) is 0. The van der Waals surface area contributed by atoms with Crippen molar-refractivity contribution in [3.05, 3.63) is 96.1 Å². The first-order chi connectivity index (χ1) is 13.3. The van der Waals surface area contributed by atoms with E-state index in [2.05, 4.69) is 46.7 Å². The van der Waals surface area contributed by atoms with E-state index in [9.17, 15) is 0 Å². The SMILES string of the molecule is Cc1ccccc1-c1cc(Nc2ccc(OCc3ccccc3)cc2)n[nH]1. The van der Waals surface area contributed by atoms with Crippen molar-refractivity contribution in [3.63, 3.8) is 0 Å². The summed E-state index contributed by atoms with van der Waals surface area (Å²) in [5.74, 6) is 1.62. The zero-order valence-corrected chi connectivity index (χ0v) is 15.1. The Morgan fingerprint density at radius 1 is 0.889 bits per heavy atom. The van der Waals surface area contributed by atoms with Gasteiger partial charge in [0.25, 0.3) is 0 Å². The van der Waals surface area contributed by atoms with Crippen molar-refractivity contribution in [2.45, 2.75) is 13.5 Å². The van der Waals surface area contributed by atoms with Crippen LogP contribution in [0.4, 0.5) is 11.5 Å². The van der Waals surface area contributed by atoms with Crippen LogP contribution in [0.3, 0.4) is 0 Å². The first-order valence-electron chi connectivity index (χ1n) is 8.93. The average Bonchev–Trinajstić information content (AvgIpc) is 3.17. The zero-order valence-electron chi connectivity index (χ0n) is 15.1. The Bertz CT molecular complexity index is 1010. The Kier molecular flexibility index (Phi) is 4.88. The van der Waals surface area contributed by atoms with Crippen LogP contribution in [-0.4, -0.2) is 10.2 Å². The molecule has 4 aromatic rings. The van der Waals surface area contributed by atoms with Crippen molar-refractivity contribution < 1.29 is 4.74 Å². The number of nitrogens with one attached hydrogen (secondary N) is 2. The number of nitrogens with zero attached hydrogens (tertiary/aromatic N) is 1. The van der Waals surface area contributed by atoms with Gasteiger partial charge in [0, 0.05) is 17.3 Å². The topological polar surface area (TPSA) is 49.9 Å². The summed E-state index contributed by atoms with van der Waals surface area (Å²) >= 11 is 0. The highest BCUT2D eigenvalue weighted by Gasteiger charge is 2.06. The highest BCUT2D eigenvalue weighted by molar-refractivity contribution is 5.68. The van der Waals surface area contributed by atoms with Crippen LogP contribution in [0, 0.1) is 6.92 Å². The first kappa shape index (κ1) is 16.9. The lowest BCUT2D eigenvalue weighted by atomic mass is 10.1. The van der Waals surface area contributed by atoms with Gasteiger partial charge in [0.2, 0.25) is 0 Å². The van der Waals surface area contributed by atoms with Gasteiger partial charge in [-0.05, 0) is 42.3 Å². The van der Waals surface area contributed by atoms with Gasteiger partial charge in [-0.3, -0.25) is 5.10 Å². The second kappa shape index (κ2) is 7.79. The number of anilines is 2. The lowest BCUT2D eigenvalue weighted by molar-refractivity contribution is 0.306. The van der Waals surface area contributed by atoms with Crippen LogP contribution in [0.5, 0.6) is 5.75 Å². The number of aromatic amines is 1. The maximum atomic E-state index is 5.82. The molecule has 0 aliphatic heterocycles. The van der Waals surface area contributed by atoms with Gasteiger partial charge in [-0.15, -0.1) is 0 Å². The molecular formula is C23H21N3O. The molecule has 0 aliphatic rings. The number of hydrogen-bond donors (Lipinski definition) is 2. The van der Waals surface area contributed by atoms with Crippen LogP contribution in [0.1, 0.15) is 11.1 Å². The van der Waals surface area contributed by atoms with E-state index in [-0.39, 0.29) is 0 Å². The van der Waals surface area contributed by atoms with Crippen molar-refractivity contribution in [2.75, 3.05) is 5.32 Å². The molecule has 1 heterocycles. The van der Waals surface area contributed by atoms with Gasteiger partial charge in [0.05, 0.1) is 5.69 Å². The second-order valence-corrected chi connectivity index (χ2v) is 6.41. The monoisotopic (exact) mass is 355 g/mol. The molecule has 0 unspecified atom stereocenters. The van der Waals surface area contributed by atoms with Gasteiger partial charge < -0.3 is 10.1 Å². The van der Waals surface area contributed by atoms with Crippen LogP contribution in [0.25, 0.3) is 11.3 Å². The number of benzene rings is 3. The Morgan fingerprint density at radius 2 is 1.63 bits per heavy atom. The van der Waals surface area contributed by atoms with Gasteiger partial charge in [-0.25, -0.2) is 0 Å². The Balaban J connectivity index is 1.39. The highest BCUT2D eigenvalue weighted by Crippen LogP contribution is 2.25. The summed E-state index contributed by atoms with van der Waals surface area (Å²) in [7, 11) is 0. The molecule has 2 N–H and O–H groups in total. The van der Waals surface area contributed by atoms with Crippen LogP contribution >= 0.6 is 0 Å².